The minimum Gasteiger partial charge on any atom is -0.375 e. The fourth-order valence-corrected chi connectivity index (χ4v) is 2.81. The first kappa shape index (κ1) is 15.3. The maximum absolute atomic E-state index is 3.56. The molecule has 0 aliphatic carbocycles. The van der Waals surface area contributed by atoms with Crippen molar-refractivity contribution in [2.45, 2.75) is 25.7 Å². The average Bonchev–Trinajstić information content (AvgIpc) is 3.00. The van der Waals surface area contributed by atoms with Gasteiger partial charge in [-0.2, -0.15) is 0 Å². The number of hydrogen-bond donors (Lipinski definition) is 1. The van der Waals surface area contributed by atoms with Gasteiger partial charge in [-0.25, -0.2) is 0 Å². The number of rotatable bonds is 9. The molecule has 2 rings (SSSR count). The van der Waals surface area contributed by atoms with Crippen LogP contribution in [0, 0.1) is 0 Å². The van der Waals surface area contributed by atoms with Crippen LogP contribution in [0.15, 0.2) is 30.3 Å². The number of benzene rings is 1. The van der Waals surface area contributed by atoms with Crippen molar-refractivity contribution in [3.63, 3.8) is 0 Å². The second-order valence-corrected chi connectivity index (χ2v) is 5.76. The zero-order valence-electron chi connectivity index (χ0n) is 12.9. The first-order chi connectivity index (χ1) is 9.86. The first-order valence-corrected chi connectivity index (χ1v) is 8.05. The maximum atomic E-state index is 3.56. The van der Waals surface area contributed by atoms with Gasteiger partial charge in [0.15, 0.2) is 0 Å². The van der Waals surface area contributed by atoms with Gasteiger partial charge in [-0.05, 0) is 70.5 Å². The zero-order chi connectivity index (χ0) is 14.0. The van der Waals surface area contributed by atoms with Crippen molar-refractivity contribution >= 4 is 5.69 Å². The van der Waals surface area contributed by atoms with Gasteiger partial charge in [0.25, 0.3) is 0 Å². The summed E-state index contributed by atoms with van der Waals surface area (Å²) in [7, 11) is 2.17. The summed E-state index contributed by atoms with van der Waals surface area (Å²) in [4.78, 5) is 4.91. The Kier molecular flexibility index (Phi) is 6.89. The van der Waals surface area contributed by atoms with E-state index in [0.717, 1.165) is 19.6 Å². The molecule has 1 heterocycles. The second kappa shape index (κ2) is 8.98. The number of anilines is 1. The molecule has 1 aromatic carbocycles. The lowest BCUT2D eigenvalue weighted by molar-refractivity contribution is 0.331. The predicted molar refractivity (Wildman–Crippen MR) is 87.5 cm³/mol. The Hall–Kier alpha value is -1.06. The SMILES string of the molecule is CN(CCCNCCCN1CCCC1)c1ccccc1. The molecular weight excluding hydrogens is 246 g/mol. The quantitative estimate of drug-likeness (QED) is 0.699. The Morgan fingerprint density at radius 2 is 1.75 bits per heavy atom. The molecule has 1 N–H and O–H groups in total. The highest BCUT2D eigenvalue weighted by Crippen LogP contribution is 2.10. The molecule has 0 atom stereocenters. The molecule has 112 valence electrons. The van der Waals surface area contributed by atoms with Gasteiger partial charge < -0.3 is 15.1 Å². The summed E-state index contributed by atoms with van der Waals surface area (Å²) in [6.07, 6.45) is 5.29. The van der Waals surface area contributed by atoms with E-state index in [9.17, 15) is 0 Å². The van der Waals surface area contributed by atoms with Gasteiger partial charge in [-0.3, -0.25) is 0 Å². The van der Waals surface area contributed by atoms with Gasteiger partial charge in [0.05, 0.1) is 0 Å². The van der Waals surface area contributed by atoms with Gasteiger partial charge in [0, 0.05) is 19.3 Å². The minimum atomic E-state index is 1.11. The van der Waals surface area contributed by atoms with E-state index >= 15 is 0 Å². The number of hydrogen-bond acceptors (Lipinski definition) is 3. The van der Waals surface area contributed by atoms with E-state index in [1.54, 1.807) is 0 Å². The van der Waals surface area contributed by atoms with E-state index in [2.05, 4.69) is 52.5 Å². The van der Waals surface area contributed by atoms with Crippen LogP contribution in [0.3, 0.4) is 0 Å². The van der Waals surface area contributed by atoms with Crippen LogP contribution in [0.25, 0.3) is 0 Å². The standard InChI is InChI=1S/C17H29N3/c1-19(17-9-3-2-4-10-17)13-7-11-18-12-8-16-20-14-5-6-15-20/h2-4,9-10,18H,5-8,11-16H2,1H3. The van der Waals surface area contributed by atoms with Crippen molar-refractivity contribution in [3.8, 4) is 0 Å². The molecular formula is C17H29N3. The molecule has 0 saturated carbocycles. The molecule has 20 heavy (non-hydrogen) atoms. The van der Waals surface area contributed by atoms with Crippen molar-refractivity contribution in [1.82, 2.24) is 10.2 Å². The van der Waals surface area contributed by atoms with Crippen LogP contribution >= 0.6 is 0 Å². The molecule has 1 fully saturated rings. The lowest BCUT2D eigenvalue weighted by Gasteiger charge is -2.19. The van der Waals surface area contributed by atoms with E-state index < -0.39 is 0 Å². The van der Waals surface area contributed by atoms with Gasteiger partial charge in [-0.1, -0.05) is 18.2 Å². The highest BCUT2D eigenvalue weighted by molar-refractivity contribution is 5.44. The largest absolute Gasteiger partial charge is 0.375 e. The summed E-state index contributed by atoms with van der Waals surface area (Å²) in [5.41, 5.74) is 1.31. The summed E-state index contributed by atoms with van der Waals surface area (Å²) in [5, 5.41) is 3.56. The molecule has 1 saturated heterocycles. The molecule has 0 radical (unpaired) electrons. The predicted octanol–water partition coefficient (Wildman–Crippen LogP) is 2.59. The molecule has 1 aromatic rings. The van der Waals surface area contributed by atoms with Crippen LogP contribution in [0.5, 0.6) is 0 Å². The van der Waals surface area contributed by atoms with E-state index in [0.29, 0.717) is 0 Å². The second-order valence-electron chi connectivity index (χ2n) is 5.76. The monoisotopic (exact) mass is 275 g/mol. The fraction of sp³-hybridized carbons (Fsp3) is 0.647. The summed E-state index contributed by atoms with van der Waals surface area (Å²) >= 11 is 0. The molecule has 0 amide bonds. The van der Waals surface area contributed by atoms with Crippen LogP contribution in [0.4, 0.5) is 5.69 Å². The molecule has 0 bridgehead atoms. The van der Waals surface area contributed by atoms with Gasteiger partial charge >= 0.3 is 0 Å². The average molecular weight is 275 g/mol. The number of nitrogens with one attached hydrogen (secondary N) is 1. The highest BCUT2D eigenvalue weighted by atomic mass is 15.1. The fourth-order valence-electron chi connectivity index (χ4n) is 2.81. The maximum Gasteiger partial charge on any atom is 0.0363 e. The summed E-state index contributed by atoms with van der Waals surface area (Å²) in [6.45, 7) is 7.31. The van der Waals surface area contributed by atoms with Crippen LogP contribution < -0.4 is 10.2 Å². The summed E-state index contributed by atoms with van der Waals surface area (Å²) < 4.78 is 0. The highest BCUT2D eigenvalue weighted by Gasteiger charge is 2.09. The molecule has 0 aromatic heterocycles. The van der Waals surface area contributed by atoms with Gasteiger partial charge in [-0.15, -0.1) is 0 Å². The Morgan fingerprint density at radius 3 is 2.50 bits per heavy atom. The molecule has 3 heteroatoms. The Morgan fingerprint density at radius 1 is 1.05 bits per heavy atom. The van der Waals surface area contributed by atoms with Crippen molar-refractivity contribution in [2.24, 2.45) is 0 Å². The Bertz CT molecular complexity index is 347. The number of likely N-dealkylation sites (tertiary alicyclic amines) is 1. The van der Waals surface area contributed by atoms with Gasteiger partial charge in [0.2, 0.25) is 0 Å². The van der Waals surface area contributed by atoms with Crippen molar-refractivity contribution in [2.75, 3.05) is 51.2 Å². The van der Waals surface area contributed by atoms with Crippen molar-refractivity contribution in [1.29, 1.82) is 0 Å². The zero-order valence-corrected chi connectivity index (χ0v) is 12.9. The summed E-state index contributed by atoms with van der Waals surface area (Å²) in [5.74, 6) is 0. The third kappa shape index (κ3) is 5.51. The Balaban J connectivity index is 1.45. The minimum absolute atomic E-state index is 1.11. The smallest absolute Gasteiger partial charge is 0.0363 e. The van der Waals surface area contributed by atoms with E-state index in [1.165, 1.54) is 51.0 Å². The molecule has 0 unspecified atom stereocenters. The third-order valence-electron chi connectivity index (χ3n) is 4.07. The van der Waals surface area contributed by atoms with Crippen LogP contribution in [-0.4, -0.2) is 51.2 Å². The van der Waals surface area contributed by atoms with Crippen LogP contribution in [0.2, 0.25) is 0 Å². The first-order valence-electron chi connectivity index (χ1n) is 8.05. The lowest BCUT2D eigenvalue weighted by Crippen LogP contribution is -2.27. The number of nitrogens with zero attached hydrogens (tertiary/aromatic N) is 2. The van der Waals surface area contributed by atoms with Crippen LogP contribution in [-0.2, 0) is 0 Å². The topological polar surface area (TPSA) is 18.5 Å². The molecule has 3 nitrogen and oxygen atoms in total. The Labute approximate surface area is 124 Å². The van der Waals surface area contributed by atoms with Crippen molar-refractivity contribution < 1.29 is 0 Å². The molecule has 1 aliphatic heterocycles. The number of para-hydroxylation sites is 1. The van der Waals surface area contributed by atoms with Gasteiger partial charge in [0.1, 0.15) is 0 Å². The summed E-state index contributed by atoms with van der Waals surface area (Å²) in [6, 6.07) is 10.6. The third-order valence-corrected chi connectivity index (χ3v) is 4.07. The normalized spacial score (nSPS) is 15.7. The van der Waals surface area contributed by atoms with E-state index in [1.807, 2.05) is 0 Å². The van der Waals surface area contributed by atoms with Crippen LogP contribution in [0.1, 0.15) is 25.7 Å². The van der Waals surface area contributed by atoms with Crippen molar-refractivity contribution in [3.05, 3.63) is 30.3 Å². The lowest BCUT2D eigenvalue weighted by atomic mass is 10.3. The van der Waals surface area contributed by atoms with E-state index in [-0.39, 0.29) is 0 Å². The van der Waals surface area contributed by atoms with E-state index in [4.69, 9.17) is 0 Å². The molecule has 1 aliphatic rings. The molecule has 0 spiro atoms.